The first kappa shape index (κ1) is 66.5. The molecule has 0 heterocycles. The van der Waals surface area contributed by atoms with Crippen LogP contribution in [0.3, 0.4) is 0 Å². The van der Waals surface area contributed by atoms with Gasteiger partial charge in [-0.05, 0) is 122 Å². The molecule has 1 unspecified atom stereocenters. The van der Waals surface area contributed by atoms with Crippen LogP contribution in [0.5, 0.6) is 0 Å². The Morgan fingerprint density at radius 3 is 1.08 bits per heavy atom. The summed E-state index contributed by atoms with van der Waals surface area (Å²) >= 11 is 0. The maximum atomic E-state index is 12.8. The van der Waals surface area contributed by atoms with Crippen LogP contribution in [0.4, 0.5) is 0 Å². The van der Waals surface area contributed by atoms with Gasteiger partial charge < -0.3 is 14.2 Å². The van der Waals surface area contributed by atoms with Crippen molar-refractivity contribution >= 4 is 17.9 Å². The molecule has 0 aromatic heterocycles. The van der Waals surface area contributed by atoms with Gasteiger partial charge in [0.25, 0.3) is 0 Å². The third-order valence-electron chi connectivity index (χ3n) is 10.7. The fourth-order valence-electron chi connectivity index (χ4n) is 6.63. The Labute approximate surface area is 440 Å². The van der Waals surface area contributed by atoms with Gasteiger partial charge in [-0.25, -0.2) is 0 Å². The van der Waals surface area contributed by atoms with Gasteiger partial charge in [0.1, 0.15) is 13.2 Å². The summed E-state index contributed by atoms with van der Waals surface area (Å²) in [6.07, 6.45) is 87.4. The second kappa shape index (κ2) is 58.1. The van der Waals surface area contributed by atoms with Crippen molar-refractivity contribution in [3.05, 3.63) is 182 Å². The largest absolute Gasteiger partial charge is 0.462 e. The minimum Gasteiger partial charge on any atom is -0.462 e. The molecule has 0 aliphatic heterocycles. The van der Waals surface area contributed by atoms with Gasteiger partial charge in [0.05, 0.1) is 0 Å². The van der Waals surface area contributed by atoms with Crippen molar-refractivity contribution in [2.24, 2.45) is 0 Å². The van der Waals surface area contributed by atoms with E-state index in [2.05, 4.69) is 191 Å². The number of hydrogen-bond donors (Lipinski definition) is 0. The Balaban J connectivity index is 4.69. The van der Waals surface area contributed by atoms with Crippen molar-refractivity contribution in [1.82, 2.24) is 0 Å². The quantitative estimate of drug-likeness (QED) is 0.0199. The molecule has 0 aliphatic carbocycles. The summed E-state index contributed by atoms with van der Waals surface area (Å²) in [6.45, 7) is 6.21. The fraction of sp³-hybridized carbons (Fsp3) is 0.500. The molecule has 0 saturated heterocycles. The molecule has 398 valence electrons. The number of hydrogen-bond acceptors (Lipinski definition) is 6. The van der Waals surface area contributed by atoms with E-state index in [1.54, 1.807) is 0 Å². The van der Waals surface area contributed by atoms with E-state index in [4.69, 9.17) is 14.2 Å². The average Bonchev–Trinajstić information content (AvgIpc) is 3.38. The summed E-state index contributed by atoms with van der Waals surface area (Å²) in [4.78, 5) is 38.1. The molecule has 6 nitrogen and oxygen atoms in total. The fourth-order valence-corrected chi connectivity index (χ4v) is 6.63. The normalized spacial score (nSPS) is 13.5. The van der Waals surface area contributed by atoms with Gasteiger partial charge >= 0.3 is 17.9 Å². The molecule has 1 atom stereocenters. The van der Waals surface area contributed by atoms with Crippen molar-refractivity contribution in [3.8, 4) is 0 Å². The number of allylic oxidation sites excluding steroid dienone is 30. The van der Waals surface area contributed by atoms with Crippen molar-refractivity contribution in [3.63, 3.8) is 0 Å². The highest BCUT2D eigenvalue weighted by Crippen LogP contribution is 2.11. The summed E-state index contributed by atoms with van der Waals surface area (Å²) in [5, 5.41) is 0. The van der Waals surface area contributed by atoms with Gasteiger partial charge in [-0.3, -0.25) is 14.4 Å². The standard InChI is InChI=1S/C66H98O6/c1-4-7-10-13-16-19-22-25-28-31-33-36-38-41-44-47-50-53-56-59-65(68)71-62-63(61-70-64(67)58-55-52-49-46-43-40-37-34-30-27-24-21-18-15-12-9-6-3)72-66(69)60-57-54-51-48-45-42-39-35-32-29-26-23-20-17-14-11-8-5-2/h7,9-10,12,16-21,23,25-30,32-33,35-37,39-41,44,46,49-50,53,63H,4-6,8,11,13-15,22,24,31,34,38,42-43,45,47-48,51-52,54-62H2,1-3H3/b10-7-,12-9-,19-16-,20-17-,21-18-,26-23-,28-25-,30-27-,32-29-,36-33-,39-35-,40-37-,44-41-,49-46-,53-50-. The number of carbonyl (C=O) groups excluding carboxylic acids is 3. The highest BCUT2D eigenvalue weighted by molar-refractivity contribution is 5.71. The Morgan fingerprint density at radius 1 is 0.306 bits per heavy atom. The summed E-state index contributed by atoms with van der Waals surface area (Å²) in [6, 6.07) is 0. The number of rotatable bonds is 47. The molecular formula is C66H98O6. The highest BCUT2D eigenvalue weighted by Gasteiger charge is 2.19. The van der Waals surface area contributed by atoms with Gasteiger partial charge in [0.15, 0.2) is 6.10 Å². The van der Waals surface area contributed by atoms with Crippen LogP contribution in [0.25, 0.3) is 0 Å². The van der Waals surface area contributed by atoms with Crippen LogP contribution in [-0.2, 0) is 28.6 Å². The maximum absolute atomic E-state index is 12.8. The first-order chi connectivity index (χ1) is 35.5. The Bertz CT molecular complexity index is 1750. The van der Waals surface area contributed by atoms with Crippen LogP contribution >= 0.6 is 0 Å². The van der Waals surface area contributed by atoms with E-state index >= 15 is 0 Å². The van der Waals surface area contributed by atoms with E-state index in [0.29, 0.717) is 19.3 Å². The maximum Gasteiger partial charge on any atom is 0.306 e. The number of unbranched alkanes of at least 4 members (excludes halogenated alkanes) is 9. The van der Waals surface area contributed by atoms with Crippen LogP contribution in [0, 0.1) is 0 Å². The minimum atomic E-state index is -0.856. The Morgan fingerprint density at radius 2 is 0.639 bits per heavy atom. The van der Waals surface area contributed by atoms with Crippen LogP contribution in [-0.4, -0.2) is 37.2 Å². The first-order valence-electron chi connectivity index (χ1n) is 27.8. The van der Waals surface area contributed by atoms with Crippen molar-refractivity contribution in [2.75, 3.05) is 13.2 Å². The zero-order valence-corrected chi connectivity index (χ0v) is 45.4. The van der Waals surface area contributed by atoms with Crippen molar-refractivity contribution in [2.45, 2.75) is 200 Å². The van der Waals surface area contributed by atoms with E-state index < -0.39 is 6.10 Å². The van der Waals surface area contributed by atoms with Gasteiger partial charge in [0, 0.05) is 19.3 Å². The number of esters is 3. The smallest absolute Gasteiger partial charge is 0.306 e. The molecule has 0 aromatic rings. The summed E-state index contributed by atoms with van der Waals surface area (Å²) in [7, 11) is 0. The predicted octanol–water partition coefficient (Wildman–Crippen LogP) is 18.9. The zero-order chi connectivity index (χ0) is 52.2. The van der Waals surface area contributed by atoms with E-state index in [9.17, 15) is 14.4 Å². The van der Waals surface area contributed by atoms with E-state index in [-0.39, 0.29) is 50.4 Å². The molecule has 0 radical (unpaired) electrons. The second-order valence-electron chi connectivity index (χ2n) is 17.5. The molecule has 72 heavy (non-hydrogen) atoms. The molecule has 0 saturated carbocycles. The third-order valence-corrected chi connectivity index (χ3v) is 10.7. The SMILES string of the molecule is CC/C=C\C/C=C\C/C=C\C/C=C\C/C=C\C/C=C\CCC(=O)OCC(COC(=O)CCC/C=C\C/C=C\C/C=C\C/C=C\C/C=C\CC)OC(=O)CCCCCCC\C=C/C=C\C=C/C=C\CCCCC. The van der Waals surface area contributed by atoms with E-state index in [0.717, 1.165) is 116 Å². The van der Waals surface area contributed by atoms with E-state index in [1.807, 2.05) is 12.2 Å². The molecule has 0 aromatic carbocycles. The average molecular weight is 988 g/mol. The lowest BCUT2D eigenvalue weighted by Crippen LogP contribution is -2.30. The molecule has 0 aliphatic rings. The van der Waals surface area contributed by atoms with E-state index in [1.165, 1.54) is 19.3 Å². The van der Waals surface area contributed by atoms with Gasteiger partial charge in [-0.15, -0.1) is 0 Å². The Kier molecular flexibility index (Phi) is 53.7. The second-order valence-corrected chi connectivity index (χ2v) is 17.5. The number of ether oxygens (including phenoxy) is 3. The van der Waals surface area contributed by atoms with Gasteiger partial charge in [-0.1, -0.05) is 235 Å². The Hall–Kier alpha value is -5.49. The lowest BCUT2D eigenvalue weighted by Gasteiger charge is -2.18. The molecule has 0 bridgehead atoms. The van der Waals surface area contributed by atoms with Gasteiger partial charge in [-0.2, -0.15) is 0 Å². The van der Waals surface area contributed by atoms with Crippen LogP contribution < -0.4 is 0 Å². The monoisotopic (exact) mass is 987 g/mol. The molecule has 6 heteroatoms. The molecule has 0 fully saturated rings. The lowest BCUT2D eigenvalue weighted by molar-refractivity contribution is -0.166. The van der Waals surface area contributed by atoms with Crippen molar-refractivity contribution < 1.29 is 28.6 Å². The molecule has 0 amide bonds. The topological polar surface area (TPSA) is 78.9 Å². The van der Waals surface area contributed by atoms with Crippen LogP contribution in [0.15, 0.2) is 182 Å². The summed E-state index contributed by atoms with van der Waals surface area (Å²) < 4.78 is 16.7. The molecule has 0 spiro atoms. The molecular weight excluding hydrogens is 889 g/mol. The summed E-state index contributed by atoms with van der Waals surface area (Å²) in [5.74, 6) is -1.13. The minimum absolute atomic E-state index is 0.151. The summed E-state index contributed by atoms with van der Waals surface area (Å²) in [5.41, 5.74) is 0. The van der Waals surface area contributed by atoms with Crippen LogP contribution in [0.1, 0.15) is 194 Å². The zero-order valence-electron chi connectivity index (χ0n) is 45.4. The van der Waals surface area contributed by atoms with Gasteiger partial charge in [0.2, 0.25) is 0 Å². The highest BCUT2D eigenvalue weighted by atomic mass is 16.6. The van der Waals surface area contributed by atoms with Crippen molar-refractivity contribution in [1.29, 1.82) is 0 Å². The third kappa shape index (κ3) is 55.4. The first-order valence-corrected chi connectivity index (χ1v) is 27.8. The number of carbonyl (C=O) groups is 3. The predicted molar refractivity (Wildman–Crippen MR) is 311 cm³/mol. The van der Waals surface area contributed by atoms with Crippen LogP contribution in [0.2, 0.25) is 0 Å². The lowest BCUT2D eigenvalue weighted by atomic mass is 10.1. The molecule has 0 rings (SSSR count). The molecule has 0 N–H and O–H groups in total.